The lowest BCUT2D eigenvalue weighted by Crippen LogP contribution is -2.48. The number of hydrogen-bond donors (Lipinski definition) is 3. The van der Waals surface area contributed by atoms with Gasteiger partial charge in [-0.05, 0) is 38.4 Å². The van der Waals surface area contributed by atoms with Crippen LogP contribution in [0, 0.1) is 5.92 Å². The smallest absolute Gasteiger partial charge is 0.326 e. The second-order valence-electron chi connectivity index (χ2n) is 5.96. The van der Waals surface area contributed by atoms with Crippen molar-refractivity contribution >= 4 is 12.0 Å². The molecule has 0 bridgehead atoms. The third-order valence-electron chi connectivity index (χ3n) is 4.52. The van der Waals surface area contributed by atoms with Gasteiger partial charge >= 0.3 is 12.0 Å². The van der Waals surface area contributed by atoms with Crippen LogP contribution < -0.4 is 5.32 Å². The second kappa shape index (κ2) is 7.09. The van der Waals surface area contributed by atoms with Gasteiger partial charge in [-0.3, -0.25) is 0 Å². The highest BCUT2D eigenvalue weighted by molar-refractivity contribution is 5.83. The molecule has 0 radical (unpaired) electrons. The summed E-state index contributed by atoms with van der Waals surface area (Å²) in [5.41, 5.74) is 0. The predicted molar refractivity (Wildman–Crippen MR) is 77.0 cm³/mol. The van der Waals surface area contributed by atoms with Crippen LogP contribution in [0.1, 0.15) is 26.2 Å². The number of carbonyl (C=O) groups excluding carboxylic acids is 1. The SMILES string of the molecule is CCN1CCC(CNC(=O)N2C[C@H](O)C[C@@H]2C(=O)O)CC1. The van der Waals surface area contributed by atoms with E-state index in [9.17, 15) is 14.7 Å². The average molecular weight is 299 g/mol. The third kappa shape index (κ3) is 4.07. The summed E-state index contributed by atoms with van der Waals surface area (Å²) in [6.07, 6.45) is 1.47. The monoisotopic (exact) mass is 299 g/mol. The highest BCUT2D eigenvalue weighted by Crippen LogP contribution is 2.19. The molecule has 0 saturated carbocycles. The van der Waals surface area contributed by atoms with Crippen LogP contribution in [-0.2, 0) is 4.79 Å². The van der Waals surface area contributed by atoms with Gasteiger partial charge in [0.05, 0.1) is 6.10 Å². The van der Waals surface area contributed by atoms with Crippen molar-refractivity contribution in [2.45, 2.75) is 38.3 Å². The van der Waals surface area contributed by atoms with Gasteiger partial charge in [0.15, 0.2) is 0 Å². The number of carbonyl (C=O) groups is 2. The number of carboxylic acids is 1. The standard InChI is InChI=1S/C14H25N3O4/c1-2-16-5-3-10(4-6-16)8-15-14(21)17-9-11(18)7-12(17)13(19)20/h10-12,18H,2-9H2,1H3,(H,15,21)(H,19,20)/t11-,12-/m1/s1. The fourth-order valence-corrected chi connectivity index (χ4v) is 3.11. The third-order valence-corrected chi connectivity index (χ3v) is 4.52. The number of rotatable bonds is 4. The molecule has 0 aromatic heterocycles. The van der Waals surface area contributed by atoms with Crippen molar-refractivity contribution in [3.8, 4) is 0 Å². The van der Waals surface area contributed by atoms with Gasteiger partial charge in [-0.25, -0.2) is 9.59 Å². The zero-order chi connectivity index (χ0) is 15.4. The molecular formula is C14H25N3O4. The zero-order valence-electron chi connectivity index (χ0n) is 12.5. The van der Waals surface area contributed by atoms with Gasteiger partial charge in [0.1, 0.15) is 6.04 Å². The van der Waals surface area contributed by atoms with E-state index in [1.165, 1.54) is 4.90 Å². The summed E-state index contributed by atoms with van der Waals surface area (Å²) in [5.74, 6) is -0.606. The molecule has 2 atom stereocenters. The minimum atomic E-state index is -1.06. The van der Waals surface area contributed by atoms with E-state index in [0.717, 1.165) is 32.5 Å². The molecule has 7 nitrogen and oxygen atoms in total. The maximum Gasteiger partial charge on any atom is 0.326 e. The molecule has 7 heteroatoms. The van der Waals surface area contributed by atoms with Crippen molar-refractivity contribution in [3.05, 3.63) is 0 Å². The molecule has 120 valence electrons. The van der Waals surface area contributed by atoms with Crippen molar-refractivity contribution in [2.24, 2.45) is 5.92 Å². The highest BCUT2D eigenvalue weighted by Gasteiger charge is 2.39. The normalized spacial score (nSPS) is 27.8. The van der Waals surface area contributed by atoms with Crippen LogP contribution >= 0.6 is 0 Å². The van der Waals surface area contributed by atoms with Crippen molar-refractivity contribution in [3.63, 3.8) is 0 Å². The largest absolute Gasteiger partial charge is 0.480 e. The number of hydrogen-bond acceptors (Lipinski definition) is 4. The van der Waals surface area contributed by atoms with Crippen LogP contribution in [0.4, 0.5) is 4.79 Å². The Hall–Kier alpha value is -1.34. The van der Waals surface area contributed by atoms with E-state index in [4.69, 9.17) is 5.11 Å². The number of amides is 2. The topological polar surface area (TPSA) is 93.1 Å². The fraction of sp³-hybridized carbons (Fsp3) is 0.857. The molecule has 0 spiro atoms. The Balaban J connectivity index is 1.78. The number of likely N-dealkylation sites (tertiary alicyclic amines) is 2. The molecule has 0 unspecified atom stereocenters. The molecule has 0 aromatic rings. The number of urea groups is 1. The second-order valence-corrected chi connectivity index (χ2v) is 5.96. The van der Waals surface area contributed by atoms with E-state index in [1.54, 1.807) is 0 Å². The van der Waals surface area contributed by atoms with Gasteiger partial charge in [0.2, 0.25) is 0 Å². The zero-order valence-corrected chi connectivity index (χ0v) is 12.5. The Kier molecular flexibility index (Phi) is 5.41. The Labute approximate surface area is 124 Å². The molecule has 0 aliphatic carbocycles. The van der Waals surface area contributed by atoms with Gasteiger partial charge in [0.25, 0.3) is 0 Å². The van der Waals surface area contributed by atoms with Crippen molar-refractivity contribution in [2.75, 3.05) is 32.7 Å². The summed E-state index contributed by atoms with van der Waals surface area (Å²) in [6, 6.07) is -1.29. The maximum atomic E-state index is 12.1. The fourth-order valence-electron chi connectivity index (χ4n) is 3.11. The van der Waals surface area contributed by atoms with Gasteiger partial charge < -0.3 is 25.3 Å². The van der Waals surface area contributed by atoms with E-state index in [2.05, 4.69) is 17.1 Å². The highest BCUT2D eigenvalue weighted by atomic mass is 16.4. The number of aliphatic carboxylic acids is 1. The van der Waals surface area contributed by atoms with Crippen LogP contribution in [0.2, 0.25) is 0 Å². The predicted octanol–water partition coefficient (Wildman–Crippen LogP) is -0.0523. The Morgan fingerprint density at radius 1 is 1.29 bits per heavy atom. The number of carboxylic acid groups (broad SMARTS) is 1. The van der Waals surface area contributed by atoms with Gasteiger partial charge in [-0.15, -0.1) is 0 Å². The average Bonchev–Trinajstić information content (AvgIpc) is 2.87. The number of aliphatic hydroxyl groups is 1. The molecule has 2 fully saturated rings. The summed E-state index contributed by atoms with van der Waals surface area (Å²) in [4.78, 5) is 26.8. The molecule has 0 aromatic carbocycles. The van der Waals surface area contributed by atoms with Crippen molar-refractivity contribution in [1.82, 2.24) is 15.1 Å². The van der Waals surface area contributed by atoms with Crippen LogP contribution in [0.3, 0.4) is 0 Å². The van der Waals surface area contributed by atoms with E-state index in [0.29, 0.717) is 12.5 Å². The first-order valence-corrected chi connectivity index (χ1v) is 7.69. The quantitative estimate of drug-likeness (QED) is 0.677. The molecule has 2 aliphatic rings. The Bertz CT molecular complexity index is 382. The molecule has 3 N–H and O–H groups in total. The van der Waals surface area contributed by atoms with E-state index in [1.807, 2.05) is 0 Å². The minimum Gasteiger partial charge on any atom is -0.480 e. The number of β-amino-alcohol motifs (C(OH)–C–C–N with tert-alkyl or cyclic N) is 1. The molecule has 2 rings (SSSR count). The van der Waals surface area contributed by atoms with Gasteiger partial charge in [-0.1, -0.05) is 6.92 Å². The van der Waals surface area contributed by atoms with Crippen LogP contribution in [0.15, 0.2) is 0 Å². The summed E-state index contributed by atoms with van der Waals surface area (Å²) in [6.45, 7) is 5.98. The molecule has 21 heavy (non-hydrogen) atoms. The van der Waals surface area contributed by atoms with Gasteiger partial charge in [-0.2, -0.15) is 0 Å². The number of aliphatic hydroxyl groups excluding tert-OH is 1. The van der Waals surface area contributed by atoms with Crippen molar-refractivity contribution < 1.29 is 19.8 Å². The maximum absolute atomic E-state index is 12.1. The minimum absolute atomic E-state index is 0.0943. The van der Waals surface area contributed by atoms with E-state index >= 15 is 0 Å². The van der Waals surface area contributed by atoms with Crippen LogP contribution in [0.5, 0.6) is 0 Å². The summed E-state index contributed by atoms with van der Waals surface area (Å²) in [7, 11) is 0. The van der Waals surface area contributed by atoms with Crippen LogP contribution in [0.25, 0.3) is 0 Å². The lowest BCUT2D eigenvalue weighted by molar-refractivity contribution is -0.141. The molecule has 2 saturated heterocycles. The molecular weight excluding hydrogens is 274 g/mol. The number of nitrogens with one attached hydrogen (secondary N) is 1. The Morgan fingerprint density at radius 2 is 1.95 bits per heavy atom. The summed E-state index contributed by atoms with van der Waals surface area (Å²) in [5, 5.41) is 21.5. The Morgan fingerprint density at radius 3 is 2.52 bits per heavy atom. The first kappa shape index (κ1) is 16.0. The first-order valence-electron chi connectivity index (χ1n) is 7.69. The first-order chi connectivity index (χ1) is 10.0. The lowest BCUT2D eigenvalue weighted by atomic mass is 9.97. The van der Waals surface area contributed by atoms with E-state index in [-0.39, 0.29) is 19.0 Å². The van der Waals surface area contributed by atoms with Gasteiger partial charge in [0, 0.05) is 19.5 Å². The van der Waals surface area contributed by atoms with E-state index < -0.39 is 18.1 Å². The molecule has 2 heterocycles. The number of nitrogens with zero attached hydrogens (tertiary/aromatic N) is 2. The lowest BCUT2D eigenvalue weighted by Gasteiger charge is -2.31. The summed E-state index contributed by atoms with van der Waals surface area (Å²) >= 11 is 0. The van der Waals surface area contributed by atoms with Crippen LogP contribution in [-0.4, -0.2) is 76.9 Å². The van der Waals surface area contributed by atoms with Crippen molar-refractivity contribution in [1.29, 1.82) is 0 Å². The molecule has 2 amide bonds. The summed E-state index contributed by atoms with van der Waals surface area (Å²) < 4.78 is 0. The number of piperidine rings is 1. The molecule has 2 aliphatic heterocycles.